The molecule has 0 aliphatic heterocycles. The molecule has 4 heteroatoms. The molecule has 0 heterocycles. The Morgan fingerprint density at radius 1 is 1.04 bits per heavy atom. The van der Waals surface area contributed by atoms with Crippen LogP contribution in [0.1, 0.15) is 49.7 Å². The normalized spacial score (nSPS) is 33.6. The number of aliphatic hydroxyl groups excluding tert-OH is 1. The maximum absolute atomic E-state index is 10.2. The molecule has 4 bridgehead atoms. The fourth-order valence-corrected chi connectivity index (χ4v) is 6.73. The zero-order chi connectivity index (χ0) is 18.2. The van der Waals surface area contributed by atoms with Gasteiger partial charge in [-0.1, -0.05) is 24.3 Å². The summed E-state index contributed by atoms with van der Waals surface area (Å²) in [6.07, 6.45) is 9.69. The fraction of sp³-hybridized carbons (Fsp3) is 0.435. The van der Waals surface area contributed by atoms with Crippen LogP contribution in [0.3, 0.4) is 0 Å². The number of nitrogens with zero attached hydrogens (tertiary/aromatic N) is 1. The number of hydrogen-bond acceptors (Lipinski definition) is 2. The van der Waals surface area contributed by atoms with Crippen molar-refractivity contribution in [1.29, 1.82) is 0 Å². The highest BCUT2D eigenvalue weighted by Crippen LogP contribution is 2.57. The molecule has 5 aliphatic rings. The van der Waals surface area contributed by atoms with Crippen LogP contribution >= 0.6 is 0 Å². The second-order valence-electron chi connectivity index (χ2n) is 9.22. The fourth-order valence-electron chi connectivity index (χ4n) is 6.73. The molecule has 0 unspecified atom stereocenters. The van der Waals surface area contributed by atoms with E-state index in [-0.39, 0.29) is 5.54 Å². The van der Waals surface area contributed by atoms with E-state index in [1.807, 2.05) is 30.3 Å². The maximum atomic E-state index is 10.2. The maximum Gasteiger partial charge on any atom is 0.193 e. The highest BCUT2D eigenvalue weighted by Gasteiger charge is 2.51. The topological polar surface area (TPSA) is 70.6 Å². The van der Waals surface area contributed by atoms with E-state index >= 15 is 0 Å². The Morgan fingerprint density at radius 2 is 1.74 bits per heavy atom. The average Bonchev–Trinajstić information content (AvgIpc) is 2.93. The summed E-state index contributed by atoms with van der Waals surface area (Å²) in [5.41, 5.74) is 9.39. The van der Waals surface area contributed by atoms with Crippen LogP contribution in [0, 0.1) is 17.8 Å². The number of aliphatic imine (C=N–C) groups is 1. The first kappa shape index (κ1) is 15.6. The third-order valence-electron chi connectivity index (χ3n) is 7.27. The van der Waals surface area contributed by atoms with Gasteiger partial charge in [-0.2, -0.15) is 0 Å². The van der Waals surface area contributed by atoms with Crippen LogP contribution in [-0.4, -0.2) is 16.6 Å². The van der Waals surface area contributed by atoms with E-state index in [1.54, 1.807) is 0 Å². The lowest BCUT2D eigenvalue weighted by Crippen LogP contribution is -2.50. The summed E-state index contributed by atoms with van der Waals surface area (Å²) in [4.78, 5) is 5.07. The first-order valence-corrected chi connectivity index (χ1v) is 10.2. The Kier molecular flexibility index (Phi) is 3.04. The number of nitrogens with two attached hydrogens (primary N) is 1. The van der Waals surface area contributed by atoms with Gasteiger partial charge < -0.3 is 16.2 Å². The predicted molar refractivity (Wildman–Crippen MR) is 111 cm³/mol. The third kappa shape index (κ3) is 2.32. The molecule has 0 saturated heterocycles. The van der Waals surface area contributed by atoms with E-state index in [2.05, 4.69) is 11.4 Å². The molecule has 0 atom stereocenters. The van der Waals surface area contributed by atoms with E-state index in [9.17, 15) is 5.11 Å². The summed E-state index contributed by atoms with van der Waals surface area (Å²) < 4.78 is 0. The van der Waals surface area contributed by atoms with Crippen molar-refractivity contribution in [2.24, 2.45) is 28.5 Å². The zero-order valence-corrected chi connectivity index (χ0v) is 15.4. The lowest BCUT2D eigenvalue weighted by Gasteiger charge is -2.54. The number of rotatable bonds is 2. The van der Waals surface area contributed by atoms with Gasteiger partial charge in [-0.3, -0.25) is 0 Å². The average molecular weight is 359 g/mol. The molecule has 7 rings (SSSR count). The summed E-state index contributed by atoms with van der Waals surface area (Å²) in [7, 11) is 0. The smallest absolute Gasteiger partial charge is 0.193 e. The molecule has 2 aromatic rings. The van der Waals surface area contributed by atoms with Crippen molar-refractivity contribution < 1.29 is 5.11 Å². The first-order valence-electron chi connectivity index (χ1n) is 10.2. The van der Waals surface area contributed by atoms with Crippen molar-refractivity contribution >= 4 is 34.3 Å². The van der Waals surface area contributed by atoms with Gasteiger partial charge in [0.25, 0.3) is 0 Å². The van der Waals surface area contributed by atoms with E-state index in [1.165, 1.54) is 38.5 Å². The van der Waals surface area contributed by atoms with Crippen molar-refractivity contribution in [3.63, 3.8) is 0 Å². The molecule has 0 amide bonds. The summed E-state index contributed by atoms with van der Waals surface area (Å²) in [6, 6.07) is 10.1. The molecule has 4 fully saturated rings. The monoisotopic (exact) mass is 359 g/mol. The molecule has 5 aliphatic carbocycles. The van der Waals surface area contributed by atoms with Gasteiger partial charge in [-0.05, 0) is 74.0 Å². The molecule has 4 N–H and O–H groups in total. The number of nitrogens with one attached hydrogen (secondary N) is 1. The van der Waals surface area contributed by atoms with Crippen molar-refractivity contribution in [2.75, 3.05) is 5.32 Å². The third-order valence-corrected chi connectivity index (χ3v) is 7.27. The van der Waals surface area contributed by atoms with Crippen LogP contribution < -0.4 is 11.1 Å². The minimum Gasteiger partial charge on any atom is -0.507 e. The minimum absolute atomic E-state index is 0.0700. The summed E-state index contributed by atoms with van der Waals surface area (Å²) in [6.45, 7) is 0. The van der Waals surface area contributed by atoms with Crippen LogP contribution in [0.25, 0.3) is 22.6 Å². The van der Waals surface area contributed by atoms with Crippen molar-refractivity contribution in [3.05, 3.63) is 41.5 Å². The highest BCUT2D eigenvalue weighted by molar-refractivity contribution is 6.13. The molecule has 0 aromatic heterocycles. The van der Waals surface area contributed by atoms with E-state index in [0.29, 0.717) is 11.7 Å². The Bertz CT molecular complexity index is 984. The molecule has 27 heavy (non-hydrogen) atoms. The minimum atomic E-state index is 0.0700. The van der Waals surface area contributed by atoms with Gasteiger partial charge in [0.05, 0.1) is 5.54 Å². The first-order chi connectivity index (χ1) is 13.1. The van der Waals surface area contributed by atoms with Crippen molar-refractivity contribution in [3.8, 4) is 0 Å². The van der Waals surface area contributed by atoms with Crippen LogP contribution in [0.5, 0.6) is 0 Å². The Morgan fingerprint density at radius 3 is 2.44 bits per heavy atom. The van der Waals surface area contributed by atoms with E-state index in [4.69, 9.17) is 10.7 Å². The molecule has 138 valence electrons. The summed E-state index contributed by atoms with van der Waals surface area (Å²) in [5, 5.41) is 15.7. The van der Waals surface area contributed by atoms with Gasteiger partial charge in [0, 0.05) is 22.0 Å². The molecular formula is C23H25N3O. The van der Waals surface area contributed by atoms with Gasteiger partial charge in [-0.25, -0.2) is 4.99 Å². The highest BCUT2D eigenvalue weighted by atomic mass is 16.3. The van der Waals surface area contributed by atoms with Crippen molar-refractivity contribution in [1.82, 2.24) is 0 Å². The van der Waals surface area contributed by atoms with E-state index < -0.39 is 0 Å². The number of hydrogen-bond donors (Lipinski definition) is 3. The van der Waals surface area contributed by atoms with Crippen LogP contribution in [0.4, 0.5) is 5.69 Å². The van der Waals surface area contributed by atoms with Gasteiger partial charge in [0.15, 0.2) is 5.96 Å². The van der Waals surface area contributed by atoms with Gasteiger partial charge >= 0.3 is 0 Å². The molecule has 2 aromatic carbocycles. The van der Waals surface area contributed by atoms with Gasteiger partial charge in [0.2, 0.25) is 0 Å². The lowest BCUT2D eigenvalue weighted by atomic mass is 9.53. The lowest BCUT2D eigenvalue weighted by molar-refractivity contribution is 0.00164. The molecular weight excluding hydrogens is 334 g/mol. The number of aliphatic hydroxyl groups is 1. The SMILES string of the molecule is NC(=NC12CC3CC(CC(C3)C1)C2)Nc1ccc2c3c(cccc13)C(O)=C2. The number of guanidine groups is 1. The largest absolute Gasteiger partial charge is 0.507 e. The van der Waals surface area contributed by atoms with Crippen LogP contribution in [0.2, 0.25) is 0 Å². The molecule has 0 spiro atoms. The molecule has 4 nitrogen and oxygen atoms in total. The van der Waals surface area contributed by atoms with Crippen LogP contribution in [0.15, 0.2) is 35.3 Å². The molecule has 4 saturated carbocycles. The Balaban J connectivity index is 1.34. The molecule has 0 radical (unpaired) electrons. The summed E-state index contributed by atoms with van der Waals surface area (Å²) >= 11 is 0. The standard InChI is InChI=1S/C23H25N3O/c24-22(26-23-10-13-6-14(11-23)8-15(7-13)12-23)25-19-5-4-16-9-20(27)18-3-1-2-17(19)21(16)18/h1-5,9,13-15,27H,6-8,10-12H2,(H3,24,25,26). The van der Waals surface area contributed by atoms with Crippen molar-refractivity contribution in [2.45, 2.75) is 44.1 Å². The predicted octanol–water partition coefficient (Wildman–Crippen LogP) is 4.90. The Labute approximate surface area is 159 Å². The van der Waals surface area contributed by atoms with Gasteiger partial charge in [0.1, 0.15) is 5.76 Å². The number of benzene rings is 2. The Hall–Kier alpha value is -2.49. The number of anilines is 1. The second-order valence-corrected chi connectivity index (χ2v) is 9.22. The quantitative estimate of drug-likeness (QED) is 0.527. The second kappa shape index (κ2) is 5.28. The van der Waals surface area contributed by atoms with Gasteiger partial charge in [-0.15, -0.1) is 0 Å². The summed E-state index contributed by atoms with van der Waals surface area (Å²) in [5.74, 6) is 3.45. The van der Waals surface area contributed by atoms with Crippen LogP contribution in [-0.2, 0) is 0 Å². The van der Waals surface area contributed by atoms with E-state index in [0.717, 1.165) is 45.3 Å². The zero-order valence-electron chi connectivity index (χ0n) is 15.4.